The minimum Gasteiger partial charge on any atom is -0.496 e. The van der Waals surface area contributed by atoms with Crippen LogP contribution in [-0.4, -0.2) is 19.4 Å². The number of hydrogen-bond donors (Lipinski definition) is 0. The van der Waals surface area contributed by atoms with Crippen LogP contribution < -0.4 is 9.64 Å². The minimum absolute atomic E-state index is 0.0622. The Morgan fingerprint density at radius 2 is 1.92 bits per heavy atom. The summed E-state index contributed by atoms with van der Waals surface area (Å²) in [5.74, 6) is 0.533. The Hall–Kier alpha value is -2.46. The number of ketones is 1. The summed E-state index contributed by atoms with van der Waals surface area (Å²) in [6, 6.07) is 15.6. The van der Waals surface area contributed by atoms with Gasteiger partial charge in [-0.3, -0.25) is 4.79 Å². The highest BCUT2D eigenvalue weighted by Gasteiger charge is 2.22. The number of fused-ring (bicyclic) bond motifs is 1. The van der Waals surface area contributed by atoms with E-state index in [2.05, 4.69) is 24.0 Å². The molecule has 1 aliphatic rings. The van der Waals surface area contributed by atoms with Gasteiger partial charge in [0, 0.05) is 11.4 Å². The third-order valence-corrected chi connectivity index (χ3v) is 4.94. The van der Waals surface area contributed by atoms with Crippen molar-refractivity contribution in [2.75, 3.05) is 18.6 Å². The Kier molecular flexibility index (Phi) is 5.06. The molecular weight excluding hydrogens is 318 g/mol. The molecule has 3 rings (SSSR count). The Morgan fingerprint density at radius 1 is 1.17 bits per heavy atom. The van der Waals surface area contributed by atoms with Gasteiger partial charge in [-0.25, -0.2) is 0 Å². The highest BCUT2D eigenvalue weighted by atomic mass is 32.2. The van der Waals surface area contributed by atoms with Crippen molar-refractivity contribution >= 4 is 23.2 Å². The fourth-order valence-corrected chi connectivity index (χ4v) is 3.80. The van der Waals surface area contributed by atoms with Gasteiger partial charge in [0.15, 0.2) is 5.78 Å². The average molecular weight is 337 g/mol. The van der Waals surface area contributed by atoms with Crippen molar-refractivity contribution in [2.45, 2.75) is 11.8 Å². The largest absolute Gasteiger partial charge is 0.496 e. The molecule has 1 heterocycles. The number of ether oxygens (including phenoxy) is 1. The molecule has 0 amide bonds. The first-order valence-electron chi connectivity index (χ1n) is 7.84. The highest BCUT2D eigenvalue weighted by Crippen LogP contribution is 2.45. The van der Waals surface area contributed by atoms with E-state index in [4.69, 9.17) is 4.74 Å². The summed E-state index contributed by atoms with van der Waals surface area (Å²) < 4.78 is 5.24. The van der Waals surface area contributed by atoms with Crippen LogP contribution in [0.4, 0.5) is 5.69 Å². The van der Waals surface area contributed by atoms with Crippen LogP contribution in [0.2, 0.25) is 0 Å². The van der Waals surface area contributed by atoms with Crippen LogP contribution in [0.5, 0.6) is 5.75 Å². The highest BCUT2D eigenvalue weighted by molar-refractivity contribution is 8.03. The average Bonchev–Trinajstić information content (AvgIpc) is 2.98. The molecule has 3 nitrogen and oxygen atoms in total. The summed E-state index contributed by atoms with van der Waals surface area (Å²) in [7, 11) is 1.57. The normalized spacial score (nSPS) is 15.1. The lowest BCUT2D eigenvalue weighted by molar-refractivity contribution is 0.104. The van der Waals surface area contributed by atoms with E-state index in [1.54, 1.807) is 37.1 Å². The van der Waals surface area contributed by atoms with E-state index >= 15 is 0 Å². The summed E-state index contributed by atoms with van der Waals surface area (Å²) in [6.07, 6.45) is 5.38. The molecule has 2 aromatic rings. The topological polar surface area (TPSA) is 29.5 Å². The molecule has 0 bridgehead atoms. The second kappa shape index (κ2) is 7.41. The molecule has 0 fully saturated rings. The third kappa shape index (κ3) is 3.24. The van der Waals surface area contributed by atoms with Crippen molar-refractivity contribution in [3.05, 3.63) is 77.4 Å². The molecule has 0 N–H and O–H groups in total. The number of allylic oxidation sites excluding steroid dienone is 3. The number of benzene rings is 2. The van der Waals surface area contributed by atoms with E-state index in [9.17, 15) is 4.79 Å². The maximum Gasteiger partial charge on any atom is 0.189 e. The van der Waals surface area contributed by atoms with Gasteiger partial charge in [0.1, 0.15) is 5.75 Å². The molecule has 0 unspecified atom stereocenters. The number of thioether (sulfide) groups is 1. The lowest BCUT2D eigenvalue weighted by Gasteiger charge is -2.17. The monoisotopic (exact) mass is 337 g/mol. The molecule has 122 valence electrons. The zero-order chi connectivity index (χ0) is 16.9. The molecule has 0 atom stereocenters. The fourth-order valence-electron chi connectivity index (χ4n) is 2.66. The SMILES string of the molecule is CCN1/C(=C/C=C/C(=O)c2ccccc2OC)Sc2ccccc21. The third-order valence-electron chi connectivity index (χ3n) is 3.81. The molecule has 0 saturated heterocycles. The molecule has 0 aliphatic carbocycles. The number of carbonyl (C=O) groups is 1. The van der Waals surface area contributed by atoms with Gasteiger partial charge in [0.05, 0.1) is 23.4 Å². The van der Waals surface area contributed by atoms with Crippen molar-refractivity contribution in [3.8, 4) is 5.75 Å². The van der Waals surface area contributed by atoms with Crippen LogP contribution in [0.1, 0.15) is 17.3 Å². The molecule has 0 saturated carbocycles. The first-order chi connectivity index (χ1) is 11.7. The Labute approximate surface area is 146 Å². The molecular formula is C20H19NO2S. The maximum atomic E-state index is 12.4. The standard InChI is InChI=1S/C20H19NO2S/c1-3-21-16-10-5-7-13-19(16)24-20(21)14-8-11-17(22)15-9-4-6-12-18(15)23-2/h4-14H,3H2,1-2H3/b11-8+,20-14-. The van der Waals surface area contributed by atoms with Gasteiger partial charge in [0.25, 0.3) is 0 Å². The van der Waals surface area contributed by atoms with Crippen LogP contribution in [0, 0.1) is 0 Å². The first-order valence-corrected chi connectivity index (χ1v) is 8.66. The predicted molar refractivity (Wildman–Crippen MR) is 99.9 cm³/mol. The number of rotatable bonds is 5. The van der Waals surface area contributed by atoms with Crippen LogP contribution in [0.25, 0.3) is 0 Å². The molecule has 24 heavy (non-hydrogen) atoms. The van der Waals surface area contributed by atoms with Crippen LogP contribution in [0.15, 0.2) is 76.7 Å². The van der Waals surface area contributed by atoms with E-state index < -0.39 is 0 Å². The molecule has 2 aromatic carbocycles. The quantitative estimate of drug-likeness (QED) is 0.573. The first kappa shape index (κ1) is 16.4. The van der Waals surface area contributed by atoms with E-state index in [0.717, 1.165) is 11.6 Å². The van der Waals surface area contributed by atoms with Gasteiger partial charge >= 0.3 is 0 Å². The number of nitrogens with zero attached hydrogens (tertiary/aromatic N) is 1. The minimum atomic E-state index is -0.0622. The van der Waals surface area contributed by atoms with Gasteiger partial charge in [-0.1, -0.05) is 42.1 Å². The Balaban J connectivity index is 1.78. The summed E-state index contributed by atoms with van der Waals surface area (Å²) >= 11 is 1.72. The van der Waals surface area contributed by atoms with E-state index in [-0.39, 0.29) is 5.78 Å². The summed E-state index contributed by atoms with van der Waals surface area (Å²) in [6.45, 7) is 3.02. The molecule has 1 aliphatic heterocycles. The van der Waals surface area contributed by atoms with Crippen molar-refractivity contribution in [2.24, 2.45) is 0 Å². The second-order valence-electron chi connectivity index (χ2n) is 5.24. The zero-order valence-electron chi connectivity index (χ0n) is 13.7. The van der Waals surface area contributed by atoms with Gasteiger partial charge in [-0.15, -0.1) is 0 Å². The zero-order valence-corrected chi connectivity index (χ0v) is 14.5. The van der Waals surface area contributed by atoms with Crippen molar-refractivity contribution in [1.82, 2.24) is 0 Å². The molecule has 0 aromatic heterocycles. The van der Waals surface area contributed by atoms with Gasteiger partial charge < -0.3 is 9.64 Å². The Bertz CT molecular complexity index is 811. The van der Waals surface area contributed by atoms with Crippen LogP contribution in [-0.2, 0) is 0 Å². The van der Waals surface area contributed by atoms with Gasteiger partial charge in [0.2, 0.25) is 0 Å². The molecule has 0 spiro atoms. The number of carbonyl (C=O) groups excluding carboxylic acids is 1. The second-order valence-corrected chi connectivity index (χ2v) is 6.30. The Morgan fingerprint density at radius 3 is 2.71 bits per heavy atom. The fraction of sp³-hybridized carbons (Fsp3) is 0.150. The summed E-state index contributed by atoms with van der Waals surface area (Å²) in [5.41, 5.74) is 1.80. The number of anilines is 1. The molecule has 4 heteroatoms. The molecule has 0 radical (unpaired) electrons. The maximum absolute atomic E-state index is 12.4. The van der Waals surface area contributed by atoms with Crippen molar-refractivity contribution in [1.29, 1.82) is 0 Å². The van der Waals surface area contributed by atoms with Gasteiger partial charge in [-0.05, 0) is 43.3 Å². The summed E-state index contributed by atoms with van der Waals surface area (Å²) in [5, 5.41) is 1.13. The predicted octanol–water partition coefficient (Wildman–Crippen LogP) is 4.91. The lowest BCUT2D eigenvalue weighted by Crippen LogP contribution is -2.16. The van der Waals surface area contributed by atoms with Crippen molar-refractivity contribution in [3.63, 3.8) is 0 Å². The van der Waals surface area contributed by atoms with Gasteiger partial charge in [-0.2, -0.15) is 0 Å². The number of para-hydroxylation sites is 2. The smallest absolute Gasteiger partial charge is 0.189 e. The van der Waals surface area contributed by atoms with Crippen molar-refractivity contribution < 1.29 is 9.53 Å². The lowest BCUT2D eigenvalue weighted by atomic mass is 10.1. The van der Waals surface area contributed by atoms with Crippen LogP contribution >= 0.6 is 11.8 Å². The number of methoxy groups -OCH3 is 1. The van der Waals surface area contributed by atoms with E-state index in [1.807, 2.05) is 36.4 Å². The summed E-state index contributed by atoms with van der Waals surface area (Å²) in [4.78, 5) is 15.8. The number of hydrogen-bond acceptors (Lipinski definition) is 4. The van der Waals surface area contributed by atoms with Crippen LogP contribution in [0.3, 0.4) is 0 Å². The van der Waals surface area contributed by atoms with E-state index in [0.29, 0.717) is 11.3 Å². The van der Waals surface area contributed by atoms with E-state index in [1.165, 1.54) is 10.6 Å².